The van der Waals surface area contributed by atoms with Crippen LogP contribution in [0.25, 0.3) is 5.69 Å². The number of hydrogen-bond acceptors (Lipinski definition) is 5. The van der Waals surface area contributed by atoms with Gasteiger partial charge in [0.05, 0.1) is 24.4 Å². The van der Waals surface area contributed by atoms with E-state index < -0.39 is 0 Å². The summed E-state index contributed by atoms with van der Waals surface area (Å²) >= 11 is 7.75. The lowest BCUT2D eigenvalue weighted by Gasteiger charge is -2.10. The Kier molecular flexibility index (Phi) is 4.64. The van der Waals surface area contributed by atoms with Crippen LogP contribution >= 0.6 is 22.9 Å². The molecule has 1 N–H and O–H groups in total. The standard InChI is InChI=1S/C16H14ClN3O2S/c1-22-14-5-4-11(9-13(14)17)20-7-6-18-15(16(20)21)19-10-12-3-2-8-23-12/h2-9H,10H2,1H3,(H,18,19). The maximum atomic E-state index is 12.6. The topological polar surface area (TPSA) is 56.1 Å². The predicted molar refractivity (Wildman–Crippen MR) is 93.0 cm³/mol. The maximum absolute atomic E-state index is 12.6. The number of hydrogen-bond donors (Lipinski definition) is 1. The average Bonchev–Trinajstić information content (AvgIpc) is 3.07. The fraction of sp³-hybridized carbons (Fsp3) is 0.125. The highest BCUT2D eigenvalue weighted by atomic mass is 35.5. The molecule has 1 aromatic carbocycles. The van der Waals surface area contributed by atoms with E-state index >= 15 is 0 Å². The molecule has 0 radical (unpaired) electrons. The van der Waals surface area contributed by atoms with Crippen molar-refractivity contribution in [3.05, 3.63) is 68.4 Å². The lowest BCUT2D eigenvalue weighted by Crippen LogP contribution is -2.22. The molecule has 0 aliphatic heterocycles. The first kappa shape index (κ1) is 15.6. The molecular weight excluding hydrogens is 334 g/mol. The highest BCUT2D eigenvalue weighted by molar-refractivity contribution is 7.09. The molecule has 0 aliphatic rings. The van der Waals surface area contributed by atoms with Crippen molar-refractivity contribution in [1.82, 2.24) is 9.55 Å². The van der Waals surface area contributed by atoms with Crippen LogP contribution in [0.4, 0.5) is 5.82 Å². The van der Waals surface area contributed by atoms with Gasteiger partial charge < -0.3 is 10.1 Å². The molecule has 2 heterocycles. The van der Waals surface area contributed by atoms with Gasteiger partial charge in [0.15, 0.2) is 5.82 Å². The van der Waals surface area contributed by atoms with Crippen molar-refractivity contribution in [1.29, 1.82) is 0 Å². The molecule has 0 unspecified atom stereocenters. The predicted octanol–water partition coefficient (Wildman–Crippen LogP) is 3.57. The van der Waals surface area contributed by atoms with Gasteiger partial charge in [0.25, 0.3) is 5.56 Å². The van der Waals surface area contributed by atoms with E-state index in [4.69, 9.17) is 16.3 Å². The Morgan fingerprint density at radius 2 is 2.26 bits per heavy atom. The Morgan fingerprint density at radius 1 is 1.39 bits per heavy atom. The Bertz CT molecular complexity index is 862. The van der Waals surface area contributed by atoms with Crippen LogP contribution in [0.2, 0.25) is 5.02 Å². The number of benzene rings is 1. The fourth-order valence-corrected chi connectivity index (χ4v) is 3.02. The summed E-state index contributed by atoms with van der Waals surface area (Å²) in [6, 6.07) is 9.16. The molecule has 0 spiro atoms. The van der Waals surface area contributed by atoms with Crippen LogP contribution in [0, 0.1) is 0 Å². The van der Waals surface area contributed by atoms with Gasteiger partial charge >= 0.3 is 0 Å². The molecule has 2 aromatic heterocycles. The number of methoxy groups -OCH3 is 1. The van der Waals surface area contributed by atoms with Crippen LogP contribution < -0.4 is 15.6 Å². The first-order chi connectivity index (χ1) is 11.2. The van der Waals surface area contributed by atoms with Gasteiger partial charge in [-0.3, -0.25) is 9.36 Å². The summed E-state index contributed by atoms with van der Waals surface area (Å²) in [7, 11) is 1.55. The van der Waals surface area contributed by atoms with Crippen molar-refractivity contribution >= 4 is 28.8 Å². The first-order valence-electron chi connectivity index (χ1n) is 6.87. The zero-order chi connectivity index (χ0) is 16.2. The van der Waals surface area contributed by atoms with E-state index in [1.807, 2.05) is 17.5 Å². The number of thiophene rings is 1. The molecule has 0 atom stereocenters. The van der Waals surface area contributed by atoms with Crippen LogP contribution in [-0.4, -0.2) is 16.7 Å². The molecule has 0 saturated heterocycles. The van der Waals surface area contributed by atoms with E-state index in [9.17, 15) is 4.79 Å². The Hall–Kier alpha value is -2.31. The number of rotatable bonds is 5. The zero-order valence-corrected chi connectivity index (χ0v) is 13.9. The minimum Gasteiger partial charge on any atom is -0.495 e. The number of nitrogens with one attached hydrogen (secondary N) is 1. The molecule has 3 rings (SSSR count). The van der Waals surface area contributed by atoms with Gasteiger partial charge in [-0.15, -0.1) is 11.3 Å². The molecule has 0 fully saturated rings. The van der Waals surface area contributed by atoms with Gasteiger partial charge in [-0.25, -0.2) is 4.98 Å². The third kappa shape index (κ3) is 3.38. The Balaban J connectivity index is 1.90. The second kappa shape index (κ2) is 6.85. The number of halogens is 1. The summed E-state index contributed by atoms with van der Waals surface area (Å²) in [4.78, 5) is 17.8. The normalized spacial score (nSPS) is 10.5. The highest BCUT2D eigenvalue weighted by Gasteiger charge is 2.09. The molecule has 23 heavy (non-hydrogen) atoms. The summed E-state index contributed by atoms with van der Waals surface area (Å²) in [6.07, 6.45) is 3.19. The maximum Gasteiger partial charge on any atom is 0.297 e. The summed E-state index contributed by atoms with van der Waals surface area (Å²) in [5.41, 5.74) is 0.424. The van der Waals surface area contributed by atoms with E-state index in [1.165, 1.54) is 4.57 Å². The third-order valence-corrected chi connectivity index (χ3v) is 4.44. The van der Waals surface area contributed by atoms with Crippen molar-refractivity contribution in [2.45, 2.75) is 6.54 Å². The number of aromatic nitrogens is 2. The average molecular weight is 348 g/mol. The number of nitrogens with zero attached hydrogens (tertiary/aromatic N) is 2. The van der Waals surface area contributed by atoms with E-state index in [0.29, 0.717) is 28.8 Å². The van der Waals surface area contributed by atoms with Crippen molar-refractivity contribution in [2.24, 2.45) is 0 Å². The number of ether oxygens (including phenoxy) is 1. The lowest BCUT2D eigenvalue weighted by molar-refractivity contribution is 0.415. The molecule has 3 aromatic rings. The third-order valence-electron chi connectivity index (χ3n) is 3.26. The lowest BCUT2D eigenvalue weighted by atomic mass is 10.3. The van der Waals surface area contributed by atoms with E-state index in [0.717, 1.165) is 4.88 Å². The summed E-state index contributed by atoms with van der Waals surface area (Å²) in [5.74, 6) is 0.862. The van der Waals surface area contributed by atoms with Crippen LogP contribution in [0.15, 0.2) is 52.9 Å². The quantitative estimate of drug-likeness (QED) is 0.766. The van der Waals surface area contributed by atoms with Crippen LogP contribution in [-0.2, 0) is 6.54 Å². The van der Waals surface area contributed by atoms with Crippen molar-refractivity contribution in [3.8, 4) is 11.4 Å². The summed E-state index contributed by atoms with van der Waals surface area (Å²) in [6.45, 7) is 0.563. The SMILES string of the molecule is COc1ccc(-n2ccnc(NCc3cccs3)c2=O)cc1Cl. The monoisotopic (exact) mass is 347 g/mol. The number of anilines is 1. The van der Waals surface area contributed by atoms with E-state index in [1.54, 1.807) is 49.0 Å². The fourth-order valence-electron chi connectivity index (χ4n) is 2.13. The van der Waals surface area contributed by atoms with Gasteiger partial charge in [-0.2, -0.15) is 0 Å². The Labute approximate surface area is 142 Å². The van der Waals surface area contributed by atoms with E-state index in [-0.39, 0.29) is 5.56 Å². The van der Waals surface area contributed by atoms with Gasteiger partial charge in [0, 0.05) is 17.3 Å². The summed E-state index contributed by atoms with van der Waals surface area (Å²) < 4.78 is 6.62. The first-order valence-corrected chi connectivity index (χ1v) is 8.12. The van der Waals surface area contributed by atoms with Crippen molar-refractivity contribution < 1.29 is 4.74 Å². The molecule has 118 valence electrons. The molecule has 5 nitrogen and oxygen atoms in total. The molecule has 0 bridgehead atoms. The van der Waals surface area contributed by atoms with Gasteiger partial charge in [-0.05, 0) is 29.6 Å². The minimum absolute atomic E-state index is 0.231. The molecule has 0 saturated carbocycles. The van der Waals surface area contributed by atoms with Crippen molar-refractivity contribution in [2.75, 3.05) is 12.4 Å². The van der Waals surface area contributed by atoms with Crippen LogP contribution in [0.5, 0.6) is 5.75 Å². The Morgan fingerprint density at radius 3 is 2.96 bits per heavy atom. The second-order valence-electron chi connectivity index (χ2n) is 4.70. The second-order valence-corrected chi connectivity index (χ2v) is 6.14. The summed E-state index contributed by atoms with van der Waals surface area (Å²) in [5, 5.41) is 5.51. The zero-order valence-electron chi connectivity index (χ0n) is 12.3. The molecule has 7 heteroatoms. The van der Waals surface area contributed by atoms with Gasteiger partial charge in [-0.1, -0.05) is 17.7 Å². The highest BCUT2D eigenvalue weighted by Crippen LogP contribution is 2.26. The largest absolute Gasteiger partial charge is 0.495 e. The van der Waals surface area contributed by atoms with E-state index in [2.05, 4.69) is 10.3 Å². The molecule has 0 aliphatic carbocycles. The minimum atomic E-state index is -0.231. The van der Waals surface area contributed by atoms with Crippen LogP contribution in [0.1, 0.15) is 4.88 Å². The molecular formula is C16H14ClN3O2S. The van der Waals surface area contributed by atoms with Crippen LogP contribution in [0.3, 0.4) is 0 Å². The van der Waals surface area contributed by atoms with Crippen molar-refractivity contribution in [3.63, 3.8) is 0 Å². The smallest absolute Gasteiger partial charge is 0.297 e. The van der Waals surface area contributed by atoms with Gasteiger partial charge in [0.2, 0.25) is 0 Å². The van der Waals surface area contributed by atoms with Gasteiger partial charge in [0.1, 0.15) is 5.75 Å². The molecule has 0 amide bonds.